The molecule has 0 radical (unpaired) electrons. The highest BCUT2D eigenvalue weighted by atomic mass is 19.1. The summed E-state index contributed by atoms with van der Waals surface area (Å²) in [5.74, 6) is -1.36. The van der Waals surface area contributed by atoms with Gasteiger partial charge in [-0.1, -0.05) is 11.6 Å². The molecule has 4 nitrogen and oxygen atoms in total. The standard InChI is InChI=1S/C15H21FN2O2/c1-10-6-7-12(16)11(8-10)14(20)18(5)9-13(19)17-15(2,3)4/h6-8H,9H2,1-5H3,(H,17,19). The Morgan fingerprint density at radius 2 is 1.90 bits per heavy atom. The minimum Gasteiger partial charge on any atom is -0.350 e. The number of carbonyl (C=O) groups is 2. The number of hydrogen-bond acceptors (Lipinski definition) is 2. The summed E-state index contributed by atoms with van der Waals surface area (Å²) in [5, 5.41) is 2.76. The Labute approximate surface area is 119 Å². The number of nitrogens with one attached hydrogen (secondary N) is 1. The molecule has 2 amide bonds. The summed E-state index contributed by atoms with van der Waals surface area (Å²) in [6.07, 6.45) is 0. The van der Waals surface area contributed by atoms with Crippen LogP contribution in [0.25, 0.3) is 0 Å². The lowest BCUT2D eigenvalue weighted by atomic mass is 10.1. The molecular weight excluding hydrogens is 259 g/mol. The van der Waals surface area contributed by atoms with Crippen LogP contribution in [-0.4, -0.2) is 35.8 Å². The minimum atomic E-state index is -0.580. The van der Waals surface area contributed by atoms with E-state index < -0.39 is 11.7 Å². The van der Waals surface area contributed by atoms with Gasteiger partial charge in [0.2, 0.25) is 5.91 Å². The average molecular weight is 280 g/mol. The zero-order valence-corrected chi connectivity index (χ0v) is 12.6. The fourth-order valence-electron chi connectivity index (χ4n) is 1.75. The topological polar surface area (TPSA) is 49.4 Å². The van der Waals surface area contributed by atoms with Crippen LogP contribution in [0, 0.1) is 12.7 Å². The molecule has 0 aromatic heterocycles. The molecule has 0 bridgehead atoms. The largest absolute Gasteiger partial charge is 0.350 e. The molecule has 0 spiro atoms. The normalized spacial score (nSPS) is 11.1. The van der Waals surface area contributed by atoms with Gasteiger partial charge in [-0.2, -0.15) is 0 Å². The van der Waals surface area contributed by atoms with Gasteiger partial charge >= 0.3 is 0 Å². The van der Waals surface area contributed by atoms with E-state index in [9.17, 15) is 14.0 Å². The number of benzene rings is 1. The highest BCUT2D eigenvalue weighted by Gasteiger charge is 2.20. The molecular formula is C15H21FN2O2. The number of likely N-dealkylation sites (N-methyl/N-ethyl adjacent to an activating group) is 1. The third kappa shape index (κ3) is 4.64. The van der Waals surface area contributed by atoms with Gasteiger partial charge in [-0.3, -0.25) is 9.59 Å². The molecule has 0 aliphatic rings. The van der Waals surface area contributed by atoms with E-state index in [1.54, 1.807) is 13.0 Å². The van der Waals surface area contributed by atoms with Crippen LogP contribution in [-0.2, 0) is 4.79 Å². The number of nitrogens with zero attached hydrogens (tertiary/aromatic N) is 1. The second-order valence-corrected chi connectivity index (χ2v) is 5.94. The van der Waals surface area contributed by atoms with Gasteiger partial charge in [0.05, 0.1) is 12.1 Å². The zero-order valence-electron chi connectivity index (χ0n) is 12.6. The maximum Gasteiger partial charge on any atom is 0.257 e. The van der Waals surface area contributed by atoms with Crippen LogP contribution < -0.4 is 5.32 Å². The van der Waals surface area contributed by atoms with Gasteiger partial charge in [0.15, 0.2) is 0 Å². The van der Waals surface area contributed by atoms with E-state index in [-0.39, 0.29) is 23.6 Å². The first kappa shape index (κ1) is 16.1. The van der Waals surface area contributed by atoms with Crippen molar-refractivity contribution in [2.75, 3.05) is 13.6 Å². The number of carbonyl (C=O) groups excluding carboxylic acids is 2. The maximum absolute atomic E-state index is 13.6. The molecule has 0 saturated heterocycles. The first-order valence-electron chi connectivity index (χ1n) is 6.43. The molecule has 0 atom stereocenters. The third-order valence-corrected chi connectivity index (χ3v) is 2.59. The van der Waals surface area contributed by atoms with E-state index in [2.05, 4.69) is 5.32 Å². The molecule has 0 aliphatic heterocycles. The van der Waals surface area contributed by atoms with Crippen LogP contribution in [0.1, 0.15) is 36.7 Å². The smallest absolute Gasteiger partial charge is 0.257 e. The van der Waals surface area contributed by atoms with Gasteiger partial charge in [-0.15, -0.1) is 0 Å². The van der Waals surface area contributed by atoms with Crippen molar-refractivity contribution in [2.24, 2.45) is 0 Å². The van der Waals surface area contributed by atoms with Crippen LogP contribution >= 0.6 is 0 Å². The molecule has 110 valence electrons. The van der Waals surface area contributed by atoms with Crippen molar-refractivity contribution >= 4 is 11.8 Å². The van der Waals surface area contributed by atoms with Crippen molar-refractivity contribution in [3.05, 3.63) is 35.1 Å². The van der Waals surface area contributed by atoms with Crippen LogP contribution in [0.5, 0.6) is 0 Å². The van der Waals surface area contributed by atoms with E-state index in [0.717, 1.165) is 5.56 Å². The van der Waals surface area contributed by atoms with Crippen molar-refractivity contribution in [1.29, 1.82) is 0 Å². The molecule has 20 heavy (non-hydrogen) atoms. The Kier molecular flexibility index (Phi) is 4.87. The van der Waals surface area contributed by atoms with Crippen LogP contribution in [0.2, 0.25) is 0 Å². The Bertz CT molecular complexity index is 521. The summed E-state index contributed by atoms with van der Waals surface area (Å²) in [4.78, 5) is 25.1. The first-order valence-corrected chi connectivity index (χ1v) is 6.43. The van der Waals surface area contributed by atoms with Crippen LogP contribution in [0.3, 0.4) is 0 Å². The quantitative estimate of drug-likeness (QED) is 0.922. The Hall–Kier alpha value is -1.91. The third-order valence-electron chi connectivity index (χ3n) is 2.59. The SMILES string of the molecule is Cc1ccc(F)c(C(=O)N(C)CC(=O)NC(C)(C)C)c1. The fourth-order valence-corrected chi connectivity index (χ4v) is 1.75. The van der Waals surface area contributed by atoms with Crippen molar-refractivity contribution in [3.8, 4) is 0 Å². The van der Waals surface area contributed by atoms with E-state index in [0.29, 0.717) is 0 Å². The molecule has 0 unspecified atom stereocenters. The van der Waals surface area contributed by atoms with Crippen molar-refractivity contribution in [2.45, 2.75) is 33.2 Å². The van der Waals surface area contributed by atoms with Gasteiger partial charge in [0.1, 0.15) is 5.82 Å². The predicted octanol–water partition coefficient (Wildman–Crippen LogP) is 2.12. The number of rotatable bonds is 3. The first-order chi connectivity index (χ1) is 9.10. The van der Waals surface area contributed by atoms with E-state index in [4.69, 9.17) is 0 Å². The Balaban J connectivity index is 2.77. The van der Waals surface area contributed by atoms with E-state index in [1.165, 1.54) is 24.1 Å². The summed E-state index contributed by atoms with van der Waals surface area (Å²) >= 11 is 0. The highest BCUT2D eigenvalue weighted by Crippen LogP contribution is 2.12. The molecule has 0 saturated carbocycles. The second-order valence-electron chi connectivity index (χ2n) is 5.94. The minimum absolute atomic E-state index is 0.0175. The van der Waals surface area contributed by atoms with Crippen molar-refractivity contribution < 1.29 is 14.0 Å². The van der Waals surface area contributed by atoms with E-state index in [1.807, 2.05) is 20.8 Å². The summed E-state index contributed by atoms with van der Waals surface area (Å²) < 4.78 is 13.6. The molecule has 1 aromatic rings. The Morgan fingerprint density at radius 1 is 1.30 bits per heavy atom. The monoisotopic (exact) mass is 280 g/mol. The lowest BCUT2D eigenvalue weighted by Gasteiger charge is -2.23. The Morgan fingerprint density at radius 3 is 2.45 bits per heavy atom. The molecule has 0 fully saturated rings. The van der Waals surface area contributed by atoms with E-state index >= 15 is 0 Å². The number of amides is 2. The van der Waals surface area contributed by atoms with Crippen LogP contribution in [0.15, 0.2) is 18.2 Å². The van der Waals surface area contributed by atoms with Gasteiger partial charge in [-0.25, -0.2) is 4.39 Å². The summed E-state index contributed by atoms with van der Waals surface area (Å²) in [6, 6.07) is 4.33. The maximum atomic E-state index is 13.6. The van der Waals surface area contributed by atoms with Gasteiger partial charge in [-0.05, 0) is 39.8 Å². The number of halogens is 1. The van der Waals surface area contributed by atoms with Gasteiger partial charge in [0, 0.05) is 12.6 Å². The molecule has 1 aromatic carbocycles. The zero-order chi connectivity index (χ0) is 15.5. The van der Waals surface area contributed by atoms with Gasteiger partial charge in [0.25, 0.3) is 5.91 Å². The van der Waals surface area contributed by atoms with Gasteiger partial charge < -0.3 is 10.2 Å². The number of aryl methyl sites for hydroxylation is 1. The lowest BCUT2D eigenvalue weighted by molar-refractivity contribution is -0.122. The molecule has 1 rings (SSSR count). The molecule has 0 heterocycles. The lowest BCUT2D eigenvalue weighted by Crippen LogP contribution is -2.46. The fraction of sp³-hybridized carbons (Fsp3) is 0.467. The summed E-state index contributed by atoms with van der Waals surface area (Å²) in [5.41, 5.74) is 0.411. The highest BCUT2D eigenvalue weighted by molar-refractivity contribution is 5.96. The molecule has 0 aliphatic carbocycles. The van der Waals surface area contributed by atoms with Crippen LogP contribution in [0.4, 0.5) is 4.39 Å². The summed E-state index contributed by atoms with van der Waals surface area (Å²) in [7, 11) is 1.48. The second kappa shape index (κ2) is 6.03. The predicted molar refractivity (Wildman–Crippen MR) is 76.0 cm³/mol. The summed E-state index contributed by atoms with van der Waals surface area (Å²) in [6.45, 7) is 7.23. The van der Waals surface area contributed by atoms with Crippen molar-refractivity contribution in [3.63, 3.8) is 0 Å². The number of hydrogen-bond donors (Lipinski definition) is 1. The average Bonchev–Trinajstić information content (AvgIpc) is 2.28. The van der Waals surface area contributed by atoms with Crippen molar-refractivity contribution in [1.82, 2.24) is 10.2 Å². The molecule has 1 N–H and O–H groups in total. The molecule has 5 heteroatoms.